The Morgan fingerprint density at radius 2 is 1.74 bits per heavy atom. The molecule has 1 aromatic carbocycles. The molecule has 1 aliphatic rings. The Labute approximate surface area is 116 Å². The SMILES string of the molecule is CC(C)(C)C1CCN(CC(=O)c2ccccc2)CC1. The highest BCUT2D eigenvalue weighted by atomic mass is 16.1. The van der Waals surface area contributed by atoms with Gasteiger partial charge in [0, 0.05) is 5.56 Å². The monoisotopic (exact) mass is 259 g/mol. The van der Waals surface area contributed by atoms with Crippen LogP contribution in [0.15, 0.2) is 30.3 Å². The number of benzene rings is 1. The number of carbonyl (C=O) groups is 1. The van der Waals surface area contributed by atoms with Crippen molar-refractivity contribution >= 4 is 5.78 Å². The molecular weight excluding hydrogens is 234 g/mol. The minimum absolute atomic E-state index is 0.245. The van der Waals surface area contributed by atoms with E-state index in [0.717, 1.165) is 24.6 Å². The lowest BCUT2D eigenvalue weighted by Gasteiger charge is -2.38. The van der Waals surface area contributed by atoms with Crippen molar-refractivity contribution in [3.8, 4) is 0 Å². The molecule has 1 saturated heterocycles. The van der Waals surface area contributed by atoms with Crippen LogP contribution in [0.4, 0.5) is 0 Å². The van der Waals surface area contributed by atoms with Gasteiger partial charge in [0.25, 0.3) is 0 Å². The second-order valence-electron chi connectivity index (χ2n) is 6.71. The van der Waals surface area contributed by atoms with Gasteiger partial charge in [0.05, 0.1) is 6.54 Å². The zero-order valence-corrected chi connectivity index (χ0v) is 12.4. The first kappa shape index (κ1) is 14.3. The van der Waals surface area contributed by atoms with Crippen molar-refractivity contribution in [2.24, 2.45) is 11.3 Å². The Morgan fingerprint density at radius 3 is 2.26 bits per heavy atom. The minimum Gasteiger partial charge on any atom is -0.296 e. The van der Waals surface area contributed by atoms with Crippen LogP contribution in [0.3, 0.4) is 0 Å². The number of likely N-dealkylation sites (tertiary alicyclic amines) is 1. The summed E-state index contributed by atoms with van der Waals surface area (Å²) in [5.41, 5.74) is 1.23. The molecule has 1 aliphatic heterocycles. The smallest absolute Gasteiger partial charge is 0.176 e. The Balaban J connectivity index is 1.85. The van der Waals surface area contributed by atoms with Crippen LogP contribution < -0.4 is 0 Å². The van der Waals surface area contributed by atoms with Gasteiger partial charge < -0.3 is 0 Å². The average molecular weight is 259 g/mol. The molecule has 0 aliphatic carbocycles. The Morgan fingerprint density at radius 1 is 1.16 bits per heavy atom. The van der Waals surface area contributed by atoms with Crippen LogP contribution in [-0.2, 0) is 0 Å². The largest absolute Gasteiger partial charge is 0.296 e. The van der Waals surface area contributed by atoms with Gasteiger partial charge in [-0.1, -0.05) is 51.1 Å². The van der Waals surface area contributed by atoms with Gasteiger partial charge in [0.2, 0.25) is 0 Å². The number of hydrogen-bond donors (Lipinski definition) is 0. The van der Waals surface area contributed by atoms with Crippen molar-refractivity contribution in [3.63, 3.8) is 0 Å². The van der Waals surface area contributed by atoms with Crippen LogP contribution in [0.25, 0.3) is 0 Å². The third kappa shape index (κ3) is 3.90. The number of Topliss-reactive ketones (excluding diaryl/α,β-unsaturated/α-hetero) is 1. The fraction of sp³-hybridized carbons (Fsp3) is 0.588. The van der Waals surface area contributed by atoms with E-state index in [2.05, 4.69) is 25.7 Å². The molecule has 0 atom stereocenters. The molecule has 104 valence electrons. The van der Waals surface area contributed by atoms with Crippen molar-refractivity contribution in [2.45, 2.75) is 33.6 Å². The summed E-state index contributed by atoms with van der Waals surface area (Å²) in [5, 5.41) is 0. The second kappa shape index (κ2) is 5.87. The number of rotatable bonds is 3. The maximum atomic E-state index is 12.1. The standard InChI is InChI=1S/C17H25NO/c1-17(2,3)15-9-11-18(12-10-15)13-16(19)14-7-5-4-6-8-14/h4-8,15H,9-13H2,1-3H3. The summed E-state index contributed by atoms with van der Waals surface area (Å²) < 4.78 is 0. The zero-order valence-electron chi connectivity index (χ0n) is 12.4. The predicted octanol–water partition coefficient (Wildman–Crippen LogP) is 3.63. The van der Waals surface area contributed by atoms with Crippen LogP contribution in [0.5, 0.6) is 0 Å². The number of carbonyl (C=O) groups excluding carboxylic acids is 1. The lowest BCUT2D eigenvalue weighted by molar-refractivity contribution is 0.0822. The first-order valence-corrected chi connectivity index (χ1v) is 7.27. The maximum absolute atomic E-state index is 12.1. The molecular formula is C17H25NO. The molecule has 2 nitrogen and oxygen atoms in total. The highest BCUT2D eigenvalue weighted by Crippen LogP contribution is 2.34. The highest BCUT2D eigenvalue weighted by Gasteiger charge is 2.29. The van der Waals surface area contributed by atoms with Gasteiger partial charge in [0.1, 0.15) is 0 Å². The maximum Gasteiger partial charge on any atom is 0.176 e. The second-order valence-corrected chi connectivity index (χ2v) is 6.71. The first-order chi connectivity index (χ1) is 8.97. The number of nitrogens with zero attached hydrogens (tertiary/aromatic N) is 1. The van der Waals surface area contributed by atoms with Gasteiger partial charge in [-0.05, 0) is 37.3 Å². The number of piperidine rings is 1. The number of ketones is 1. The Bertz CT molecular complexity index is 411. The van der Waals surface area contributed by atoms with E-state index in [-0.39, 0.29) is 5.78 Å². The van der Waals surface area contributed by atoms with Crippen LogP contribution in [0, 0.1) is 11.3 Å². The van der Waals surface area contributed by atoms with Crippen LogP contribution in [0.2, 0.25) is 0 Å². The zero-order chi connectivity index (χ0) is 13.9. The van der Waals surface area contributed by atoms with E-state index in [1.165, 1.54) is 12.8 Å². The molecule has 0 unspecified atom stereocenters. The third-order valence-electron chi connectivity index (χ3n) is 4.28. The van der Waals surface area contributed by atoms with Crippen LogP contribution in [-0.4, -0.2) is 30.3 Å². The van der Waals surface area contributed by atoms with Crippen molar-refractivity contribution in [2.75, 3.05) is 19.6 Å². The summed E-state index contributed by atoms with van der Waals surface area (Å²) in [6, 6.07) is 9.62. The molecule has 0 bridgehead atoms. The summed E-state index contributed by atoms with van der Waals surface area (Å²) >= 11 is 0. The molecule has 1 heterocycles. The quantitative estimate of drug-likeness (QED) is 0.773. The van der Waals surface area contributed by atoms with Gasteiger partial charge in [-0.15, -0.1) is 0 Å². The highest BCUT2D eigenvalue weighted by molar-refractivity contribution is 5.97. The average Bonchev–Trinajstić information content (AvgIpc) is 2.39. The summed E-state index contributed by atoms with van der Waals surface area (Å²) in [6.07, 6.45) is 2.43. The van der Waals surface area contributed by atoms with Gasteiger partial charge in [-0.3, -0.25) is 9.69 Å². The Kier molecular flexibility index (Phi) is 4.41. The molecule has 0 radical (unpaired) electrons. The minimum atomic E-state index is 0.245. The van der Waals surface area contributed by atoms with E-state index in [4.69, 9.17) is 0 Å². The Hall–Kier alpha value is -1.15. The molecule has 1 aromatic rings. The molecule has 0 saturated carbocycles. The fourth-order valence-electron chi connectivity index (χ4n) is 2.88. The van der Waals surface area contributed by atoms with E-state index in [0.29, 0.717) is 12.0 Å². The van der Waals surface area contributed by atoms with Crippen molar-refractivity contribution < 1.29 is 4.79 Å². The van der Waals surface area contributed by atoms with Crippen LogP contribution in [0.1, 0.15) is 44.0 Å². The van der Waals surface area contributed by atoms with Gasteiger partial charge in [0.15, 0.2) is 5.78 Å². The molecule has 2 rings (SSSR count). The predicted molar refractivity (Wildman–Crippen MR) is 79.4 cm³/mol. The topological polar surface area (TPSA) is 20.3 Å². The van der Waals surface area contributed by atoms with Gasteiger partial charge in [-0.2, -0.15) is 0 Å². The summed E-state index contributed by atoms with van der Waals surface area (Å²) in [6.45, 7) is 9.65. The molecule has 0 N–H and O–H groups in total. The first-order valence-electron chi connectivity index (χ1n) is 7.27. The van der Waals surface area contributed by atoms with Crippen molar-refractivity contribution in [1.82, 2.24) is 4.90 Å². The van der Waals surface area contributed by atoms with Gasteiger partial charge in [-0.25, -0.2) is 0 Å². The fourth-order valence-corrected chi connectivity index (χ4v) is 2.88. The number of hydrogen-bond acceptors (Lipinski definition) is 2. The molecule has 0 aromatic heterocycles. The van der Waals surface area contributed by atoms with Gasteiger partial charge >= 0.3 is 0 Å². The van der Waals surface area contributed by atoms with E-state index in [1.54, 1.807) is 0 Å². The van der Waals surface area contributed by atoms with E-state index in [9.17, 15) is 4.79 Å². The molecule has 0 amide bonds. The van der Waals surface area contributed by atoms with E-state index in [1.807, 2.05) is 30.3 Å². The summed E-state index contributed by atoms with van der Waals surface area (Å²) in [5.74, 6) is 1.03. The summed E-state index contributed by atoms with van der Waals surface area (Å²) in [4.78, 5) is 14.5. The molecule has 2 heteroatoms. The molecule has 1 fully saturated rings. The third-order valence-corrected chi connectivity index (χ3v) is 4.28. The van der Waals surface area contributed by atoms with Crippen LogP contribution >= 0.6 is 0 Å². The van der Waals surface area contributed by atoms with Crippen molar-refractivity contribution in [1.29, 1.82) is 0 Å². The molecule has 19 heavy (non-hydrogen) atoms. The lowest BCUT2D eigenvalue weighted by atomic mass is 9.75. The summed E-state index contributed by atoms with van der Waals surface area (Å²) in [7, 11) is 0. The normalized spacial score (nSPS) is 18.5. The molecule has 0 spiro atoms. The lowest BCUT2D eigenvalue weighted by Crippen LogP contribution is -2.40. The van der Waals surface area contributed by atoms with Crippen molar-refractivity contribution in [3.05, 3.63) is 35.9 Å². The van der Waals surface area contributed by atoms with E-state index < -0.39 is 0 Å². The van der Waals surface area contributed by atoms with E-state index >= 15 is 0 Å².